The first-order chi connectivity index (χ1) is 9.00. The molecule has 6 heteroatoms. The lowest BCUT2D eigenvalue weighted by Gasteiger charge is -2.10. The molecule has 0 spiro atoms. The summed E-state index contributed by atoms with van der Waals surface area (Å²) in [5.41, 5.74) is 5.80. The smallest absolute Gasteiger partial charge is 0.180 e. The number of benzene rings is 2. The third-order valence-corrected chi connectivity index (χ3v) is 3.36. The van der Waals surface area contributed by atoms with Crippen molar-refractivity contribution >= 4 is 33.1 Å². The Morgan fingerprint density at radius 1 is 1.11 bits per heavy atom. The molecular weight excluding hydrogens is 336 g/mol. The van der Waals surface area contributed by atoms with Crippen LogP contribution >= 0.6 is 28.1 Å². The van der Waals surface area contributed by atoms with Crippen LogP contribution in [0.2, 0.25) is 0 Å². The molecule has 0 atom stereocenters. The first kappa shape index (κ1) is 13.9. The van der Waals surface area contributed by atoms with Gasteiger partial charge in [-0.2, -0.15) is 0 Å². The van der Waals surface area contributed by atoms with E-state index in [-0.39, 0.29) is 21.0 Å². The summed E-state index contributed by atoms with van der Waals surface area (Å²) < 4.78 is 32.7. The van der Waals surface area contributed by atoms with Crippen molar-refractivity contribution in [2.75, 3.05) is 0 Å². The standard InChI is InChI=1S/C13H8BrF2NOS/c14-11-7(13(17)19)5-6-10(12(11)16)18-9-4-2-1-3-8(9)15/h1-6H,(H2,17,19). The summed E-state index contributed by atoms with van der Waals surface area (Å²) in [6.07, 6.45) is 0. The third kappa shape index (κ3) is 2.90. The van der Waals surface area contributed by atoms with E-state index >= 15 is 0 Å². The monoisotopic (exact) mass is 343 g/mol. The van der Waals surface area contributed by atoms with Crippen LogP contribution in [0.15, 0.2) is 40.9 Å². The van der Waals surface area contributed by atoms with Crippen LogP contribution in [-0.4, -0.2) is 4.99 Å². The van der Waals surface area contributed by atoms with Crippen LogP contribution in [0, 0.1) is 11.6 Å². The van der Waals surface area contributed by atoms with Gasteiger partial charge in [-0.05, 0) is 40.2 Å². The van der Waals surface area contributed by atoms with E-state index in [4.69, 9.17) is 22.7 Å². The summed E-state index contributed by atoms with van der Waals surface area (Å²) in [6, 6.07) is 8.60. The van der Waals surface area contributed by atoms with E-state index in [1.807, 2.05) is 0 Å². The second-order valence-corrected chi connectivity index (χ2v) is 4.87. The Labute approximate surface area is 122 Å². The van der Waals surface area contributed by atoms with Gasteiger partial charge in [-0.1, -0.05) is 24.4 Å². The van der Waals surface area contributed by atoms with Crippen molar-refractivity contribution in [3.05, 3.63) is 58.1 Å². The minimum Gasteiger partial charge on any atom is -0.451 e. The number of ether oxygens (including phenoxy) is 1. The summed E-state index contributed by atoms with van der Waals surface area (Å²) in [5.74, 6) is -1.43. The molecule has 2 aromatic carbocycles. The number of halogens is 3. The Balaban J connectivity index is 2.40. The molecule has 2 rings (SSSR count). The van der Waals surface area contributed by atoms with Gasteiger partial charge in [0.2, 0.25) is 0 Å². The normalized spacial score (nSPS) is 10.3. The molecule has 2 N–H and O–H groups in total. The van der Waals surface area contributed by atoms with Crippen LogP contribution in [0.25, 0.3) is 0 Å². The van der Waals surface area contributed by atoms with Gasteiger partial charge in [0.1, 0.15) is 4.99 Å². The Hall–Kier alpha value is -1.53. The van der Waals surface area contributed by atoms with Gasteiger partial charge < -0.3 is 10.5 Å². The molecule has 2 aromatic rings. The summed E-state index contributed by atoms with van der Waals surface area (Å²) in [7, 11) is 0. The molecule has 0 aliphatic carbocycles. The van der Waals surface area contributed by atoms with Crippen molar-refractivity contribution in [3.8, 4) is 11.5 Å². The summed E-state index contributed by atoms with van der Waals surface area (Å²) >= 11 is 7.83. The maximum absolute atomic E-state index is 14.0. The minimum atomic E-state index is -0.687. The van der Waals surface area contributed by atoms with Gasteiger partial charge in [0, 0.05) is 5.56 Å². The quantitative estimate of drug-likeness (QED) is 0.850. The molecule has 0 heterocycles. The van der Waals surface area contributed by atoms with E-state index in [1.54, 1.807) is 6.07 Å². The molecule has 0 fully saturated rings. The van der Waals surface area contributed by atoms with Crippen LogP contribution in [0.3, 0.4) is 0 Å². The molecular formula is C13H8BrF2NOS. The van der Waals surface area contributed by atoms with Crippen LogP contribution in [0.4, 0.5) is 8.78 Å². The van der Waals surface area contributed by atoms with E-state index in [1.165, 1.54) is 30.3 Å². The predicted octanol–water partition coefficient (Wildman–Crippen LogP) is 4.15. The van der Waals surface area contributed by atoms with Gasteiger partial charge in [0.05, 0.1) is 4.47 Å². The highest BCUT2D eigenvalue weighted by Crippen LogP contribution is 2.32. The van der Waals surface area contributed by atoms with E-state index in [9.17, 15) is 8.78 Å². The zero-order chi connectivity index (χ0) is 14.0. The van der Waals surface area contributed by atoms with Gasteiger partial charge >= 0.3 is 0 Å². The molecule has 19 heavy (non-hydrogen) atoms. The largest absolute Gasteiger partial charge is 0.451 e. The van der Waals surface area contributed by atoms with Crippen molar-refractivity contribution in [1.29, 1.82) is 0 Å². The highest BCUT2D eigenvalue weighted by atomic mass is 79.9. The minimum absolute atomic E-state index is 0.0585. The summed E-state index contributed by atoms with van der Waals surface area (Å²) in [5, 5.41) is 0. The predicted molar refractivity (Wildman–Crippen MR) is 76.5 cm³/mol. The maximum atomic E-state index is 14.0. The molecule has 0 aliphatic heterocycles. The van der Waals surface area contributed by atoms with Gasteiger partial charge in [-0.25, -0.2) is 8.78 Å². The number of nitrogens with two attached hydrogens (primary N) is 1. The van der Waals surface area contributed by atoms with Gasteiger partial charge in [0.15, 0.2) is 23.1 Å². The van der Waals surface area contributed by atoms with E-state index in [0.29, 0.717) is 5.56 Å². The lowest BCUT2D eigenvalue weighted by Crippen LogP contribution is -2.11. The summed E-state index contributed by atoms with van der Waals surface area (Å²) in [4.78, 5) is 0.0585. The van der Waals surface area contributed by atoms with Gasteiger partial charge in [0.25, 0.3) is 0 Å². The Kier molecular flexibility index (Phi) is 4.11. The molecule has 0 aromatic heterocycles. The number of hydrogen-bond donors (Lipinski definition) is 1. The zero-order valence-electron chi connectivity index (χ0n) is 9.49. The second-order valence-electron chi connectivity index (χ2n) is 3.64. The first-order valence-electron chi connectivity index (χ1n) is 5.21. The Morgan fingerprint density at radius 2 is 1.79 bits per heavy atom. The SMILES string of the molecule is NC(=S)c1ccc(Oc2ccccc2F)c(F)c1Br. The van der Waals surface area contributed by atoms with E-state index in [0.717, 1.165) is 0 Å². The molecule has 0 bridgehead atoms. The highest BCUT2D eigenvalue weighted by molar-refractivity contribution is 9.10. The summed E-state index contributed by atoms with van der Waals surface area (Å²) in [6.45, 7) is 0. The fourth-order valence-corrected chi connectivity index (χ4v) is 2.29. The molecule has 0 aliphatic rings. The molecule has 0 saturated heterocycles. The average molecular weight is 344 g/mol. The molecule has 0 radical (unpaired) electrons. The molecule has 0 unspecified atom stereocenters. The van der Waals surface area contributed by atoms with Gasteiger partial charge in [-0.3, -0.25) is 0 Å². The lowest BCUT2D eigenvalue weighted by molar-refractivity contribution is 0.413. The second kappa shape index (κ2) is 5.63. The Morgan fingerprint density at radius 3 is 2.42 bits per heavy atom. The van der Waals surface area contributed by atoms with Crippen molar-refractivity contribution in [3.63, 3.8) is 0 Å². The Bertz CT molecular complexity index is 649. The van der Waals surface area contributed by atoms with Crippen molar-refractivity contribution in [2.24, 2.45) is 5.73 Å². The topological polar surface area (TPSA) is 35.2 Å². The number of hydrogen-bond acceptors (Lipinski definition) is 2. The van der Waals surface area contributed by atoms with Crippen molar-refractivity contribution < 1.29 is 13.5 Å². The number of thiocarbonyl (C=S) groups is 1. The molecule has 98 valence electrons. The van der Waals surface area contributed by atoms with Gasteiger partial charge in [-0.15, -0.1) is 0 Å². The van der Waals surface area contributed by atoms with Crippen LogP contribution in [0.5, 0.6) is 11.5 Å². The fourth-order valence-electron chi connectivity index (χ4n) is 1.45. The third-order valence-electron chi connectivity index (χ3n) is 2.37. The molecule has 0 saturated carbocycles. The van der Waals surface area contributed by atoms with Crippen LogP contribution in [-0.2, 0) is 0 Å². The van der Waals surface area contributed by atoms with E-state index in [2.05, 4.69) is 15.9 Å². The van der Waals surface area contributed by atoms with Crippen LogP contribution < -0.4 is 10.5 Å². The fraction of sp³-hybridized carbons (Fsp3) is 0. The molecule has 0 amide bonds. The zero-order valence-corrected chi connectivity index (χ0v) is 11.9. The van der Waals surface area contributed by atoms with Crippen molar-refractivity contribution in [1.82, 2.24) is 0 Å². The van der Waals surface area contributed by atoms with Crippen LogP contribution in [0.1, 0.15) is 5.56 Å². The molecule has 2 nitrogen and oxygen atoms in total. The average Bonchev–Trinajstić information content (AvgIpc) is 2.37. The first-order valence-corrected chi connectivity index (χ1v) is 6.41. The number of para-hydroxylation sites is 1. The maximum Gasteiger partial charge on any atom is 0.180 e. The number of rotatable bonds is 3. The lowest BCUT2D eigenvalue weighted by atomic mass is 10.2. The van der Waals surface area contributed by atoms with Crippen molar-refractivity contribution in [2.45, 2.75) is 0 Å². The van der Waals surface area contributed by atoms with E-state index < -0.39 is 11.6 Å². The highest BCUT2D eigenvalue weighted by Gasteiger charge is 2.15.